The second-order valence-corrected chi connectivity index (χ2v) is 3.61. The van der Waals surface area contributed by atoms with E-state index in [1.165, 1.54) is 13.0 Å². The largest absolute Gasteiger partial charge is 0.418 e. The molecule has 1 aromatic carbocycles. The van der Waals surface area contributed by atoms with Crippen LogP contribution in [0.5, 0.6) is 0 Å². The van der Waals surface area contributed by atoms with Gasteiger partial charge in [0, 0.05) is 23.1 Å². The Hall–Kier alpha value is -2.77. The van der Waals surface area contributed by atoms with E-state index < -0.39 is 21.2 Å². The molecule has 0 amide bonds. The van der Waals surface area contributed by atoms with E-state index in [1.54, 1.807) is 0 Å². The molecule has 1 aromatic heterocycles. The summed E-state index contributed by atoms with van der Waals surface area (Å²) in [4.78, 5) is 31.1. The van der Waals surface area contributed by atoms with E-state index in [9.17, 15) is 25.0 Å². The molecule has 0 aliphatic carbocycles. The van der Waals surface area contributed by atoms with Gasteiger partial charge in [0.25, 0.3) is 5.69 Å². The highest BCUT2D eigenvalue weighted by Crippen LogP contribution is 2.26. The third-order valence-electron chi connectivity index (χ3n) is 2.43. The van der Waals surface area contributed by atoms with Gasteiger partial charge < -0.3 is 4.42 Å². The Bertz CT molecular complexity index is 733. The van der Waals surface area contributed by atoms with Crippen molar-refractivity contribution in [3.63, 3.8) is 0 Å². The first-order valence-corrected chi connectivity index (χ1v) is 4.77. The molecule has 1 heterocycles. The van der Waals surface area contributed by atoms with Crippen molar-refractivity contribution in [2.24, 2.45) is 0 Å². The monoisotopic (exact) mass is 250 g/mol. The second kappa shape index (κ2) is 3.91. The molecule has 18 heavy (non-hydrogen) atoms. The fourth-order valence-electron chi connectivity index (χ4n) is 1.57. The van der Waals surface area contributed by atoms with Gasteiger partial charge in [-0.1, -0.05) is 0 Å². The predicted molar refractivity (Wildman–Crippen MR) is 60.5 cm³/mol. The van der Waals surface area contributed by atoms with Gasteiger partial charge >= 0.3 is 11.3 Å². The molecular weight excluding hydrogens is 244 g/mol. The Morgan fingerprint density at radius 1 is 1.06 bits per heavy atom. The van der Waals surface area contributed by atoms with Crippen molar-refractivity contribution in [3.8, 4) is 0 Å². The summed E-state index contributed by atoms with van der Waals surface area (Å²) in [7, 11) is 0. The van der Waals surface area contributed by atoms with Gasteiger partial charge in [-0.2, -0.15) is 0 Å². The summed E-state index contributed by atoms with van der Waals surface area (Å²) >= 11 is 0. The lowest BCUT2D eigenvalue weighted by atomic mass is 10.1. The van der Waals surface area contributed by atoms with Crippen LogP contribution >= 0.6 is 0 Å². The van der Waals surface area contributed by atoms with Crippen molar-refractivity contribution >= 4 is 22.3 Å². The minimum absolute atomic E-state index is 0.0775. The molecule has 0 N–H and O–H groups in total. The topological polar surface area (TPSA) is 116 Å². The number of hydrogen-bond acceptors (Lipinski definition) is 6. The van der Waals surface area contributed by atoms with Crippen molar-refractivity contribution < 1.29 is 14.3 Å². The zero-order chi connectivity index (χ0) is 13.4. The second-order valence-electron chi connectivity index (χ2n) is 3.61. The molecule has 2 rings (SSSR count). The van der Waals surface area contributed by atoms with Crippen LogP contribution in [0.15, 0.2) is 27.4 Å². The minimum atomic E-state index is -1.08. The lowest BCUT2D eigenvalue weighted by Gasteiger charge is -2.00. The third kappa shape index (κ3) is 1.79. The molecule has 8 nitrogen and oxygen atoms in total. The molecule has 0 aliphatic rings. The van der Waals surface area contributed by atoms with Crippen LogP contribution in [0, 0.1) is 27.2 Å². The van der Waals surface area contributed by atoms with Gasteiger partial charge in [-0.15, -0.1) is 0 Å². The molecule has 0 fully saturated rings. The molecule has 92 valence electrons. The Balaban J connectivity index is 2.83. The molecular formula is C10H6N2O6. The Labute approximate surface area is 98.8 Å². The van der Waals surface area contributed by atoms with Gasteiger partial charge in [0.1, 0.15) is 5.58 Å². The molecule has 0 spiro atoms. The van der Waals surface area contributed by atoms with Crippen molar-refractivity contribution in [3.05, 3.63) is 54.4 Å². The SMILES string of the molecule is Cc1cc2oc(=O)c([N+](=O)[O-])cc2cc1[N+](=O)[O-]. The number of nitro benzene ring substituents is 1. The van der Waals surface area contributed by atoms with Crippen LogP contribution < -0.4 is 5.63 Å². The maximum Gasteiger partial charge on any atom is 0.415 e. The highest BCUT2D eigenvalue weighted by Gasteiger charge is 2.19. The normalized spacial score (nSPS) is 10.5. The Morgan fingerprint density at radius 2 is 1.61 bits per heavy atom. The summed E-state index contributed by atoms with van der Waals surface area (Å²) < 4.78 is 4.75. The molecule has 8 heteroatoms. The van der Waals surface area contributed by atoms with E-state index in [-0.39, 0.29) is 16.7 Å². The van der Waals surface area contributed by atoms with Gasteiger partial charge in [-0.25, -0.2) is 4.79 Å². The molecule has 0 unspecified atom stereocenters. The average Bonchev–Trinajstić information content (AvgIpc) is 2.26. The molecule has 0 radical (unpaired) electrons. The summed E-state index contributed by atoms with van der Waals surface area (Å²) in [5, 5.41) is 21.4. The predicted octanol–water partition coefficient (Wildman–Crippen LogP) is 1.92. The van der Waals surface area contributed by atoms with Crippen LogP contribution in [-0.2, 0) is 0 Å². The highest BCUT2D eigenvalue weighted by atomic mass is 16.6. The van der Waals surface area contributed by atoms with Crippen molar-refractivity contribution in [1.29, 1.82) is 0 Å². The van der Waals surface area contributed by atoms with E-state index in [0.29, 0.717) is 5.56 Å². The minimum Gasteiger partial charge on any atom is -0.418 e. The van der Waals surface area contributed by atoms with Crippen molar-refractivity contribution in [2.45, 2.75) is 6.92 Å². The van der Waals surface area contributed by atoms with E-state index in [0.717, 1.165) is 12.1 Å². The number of aryl methyl sites for hydroxylation is 1. The van der Waals surface area contributed by atoms with Gasteiger partial charge in [-0.3, -0.25) is 20.2 Å². The zero-order valence-corrected chi connectivity index (χ0v) is 9.08. The van der Waals surface area contributed by atoms with Crippen LogP contribution in [0.3, 0.4) is 0 Å². The van der Waals surface area contributed by atoms with E-state index in [2.05, 4.69) is 0 Å². The summed E-state index contributed by atoms with van der Waals surface area (Å²) in [6.45, 7) is 1.49. The fraction of sp³-hybridized carbons (Fsp3) is 0.100. The molecule has 0 aliphatic heterocycles. The lowest BCUT2D eigenvalue weighted by Crippen LogP contribution is -2.06. The van der Waals surface area contributed by atoms with Crippen molar-refractivity contribution in [1.82, 2.24) is 0 Å². The quantitative estimate of drug-likeness (QED) is 0.456. The zero-order valence-electron chi connectivity index (χ0n) is 9.08. The number of benzene rings is 1. The lowest BCUT2D eigenvalue weighted by molar-refractivity contribution is -0.387. The highest BCUT2D eigenvalue weighted by molar-refractivity contribution is 5.82. The molecule has 0 saturated carbocycles. The number of rotatable bonds is 2. The van der Waals surface area contributed by atoms with Crippen LogP contribution in [0.1, 0.15) is 5.56 Å². The van der Waals surface area contributed by atoms with Gasteiger partial charge in [-0.05, 0) is 13.0 Å². The number of nitro groups is 2. The molecule has 0 saturated heterocycles. The van der Waals surface area contributed by atoms with E-state index in [1.807, 2.05) is 0 Å². The first-order valence-electron chi connectivity index (χ1n) is 4.77. The molecule has 2 aromatic rings. The smallest absolute Gasteiger partial charge is 0.415 e. The van der Waals surface area contributed by atoms with Crippen LogP contribution in [0.25, 0.3) is 11.0 Å². The van der Waals surface area contributed by atoms with Gasteiger partial charge in [0.05, 0.1) is 9.85 Å². The third-order valence-corrected chi connectivity index (χ3v) is 2.43. The van der Waals surface area contributed by atoms with Crippen LogP contribution in [0.2, 0.25) is 0 Å². The fourth-order valence-corrected chi connectivity index (χ4v) is 1.57. The van der Waals surface area contributed by atoms with E-state index >= 15 is 0 Å². The van der Waals surface area contributed by atoms with Gasteiger partial charge in [0.15, 0.2) is 0 Å². The standard InChI is InChI=1S/C10H6N2O6/c1-5-2-9-6(3-7(5)11(14)15)4-8(12(16)17)10(13)18-9/h2-4H,1H3. The Kier molecular flexibility index (Phi) is 2.55. The van der Waals surface area contributed by atoms with Crippen molar-refractivity contribution in [2.75, 3.05) is 0 Å². The number of fused-ring (bicyclic) bond motifs is 1. The summed E-state index contributed by atoms with van der Waals surface area (Å²) in [6.07, 6.45) is 0. The number of nitrogens with zero attached hydrogens (tertiary/aromatic N) is 2. The van der Waals surface area contributed by atoms with Crippen LogP contribution in [0.4, 0.5) is 11.4 Å². The summed E-state index contributed by atoms with van der Waals surface area (Å²) in [6, 6.07) is 3.41. The molecule has 0 atom stereocenters. The average molecular weight is 250 g/mol. The van der Waals surface area contributed by atoms with Crippen LogP contribution in [-0.4, -0.2) is 9.85 Å². The summed E-state index contributed by atoms with van der Waals surface area (Å²) in [5.41, 5.74) is -1.63. The maximum atomic E-state index is 11.3. The molecule has 0 bridgehead atoms. The first-order chi connectivity index (χ1) is 8.40. The Morgan fingerprint density at radius 3 is 2.17 bits per heavy atom. The first kappa shape index (κ1) is 11.7. The summed E-state index contributed by atoms with van der Waals surface area (Å²) in [5.74, 6) is 0. The van der Waals surface area contributed by atoms with Gasteiger partial charge in [0.2, 0.25) is 0 Å². The number of hydrogen-bond donors (Lipinski definition) is 0. The van der Waals surface area contributed by atoms with E-state index in [4.69, 9.17) is 4.42 Å². The maximum absolute atomic E-state index is 11.3.